The quantitative estimate of drug-likeness (QED) is 0.767. The Hall–Kier alpha value is -1.26. The average Bonchev–Trinajstić information content (AvgIpc) is 2.49. The van der Waals surface area contributed by atoms with Crippen LogP contribution in [-0.2, 0) is 4.74 Å². The highest BCUT2D eigenvalue weighted by molar-refractivity contribution is 5.31. The van der Waals surface area contributed by atoms with Crippen LogP contribution in [0.25, 0.3) is 0 Å². The number of nitrogens with one attached hydrogen (secondary N) is 1. The molecule has 1 saturated heterocycles. The van der Waals surface area contributed by atoms with Crippen molar-refractivity contribution in [2.75, 3.05) is 33.5 Å². The first kappa shape index (κ1) is 14.2. The van der Waals surface area contributed by atoms with Crippen LogP contribution in [0.3, 0.4) is 0 Å². The molecule has 1 N–H and O–H groups in total. The van der Waals surface area contributed by atoms with E-state index in [2.05, 4.69) is 5.32 Å². The zero-order valence-corrected chi connectivity index (χ0v) is 11.6. The molecule has 106 valence electrons. The standard InChI is InChI=1S/C15H23NO3/c1-17-14-5-7-15(8-6-14)19-11-10-18-12-13-4-2-3-9-16-13/h5-8,13,16H,2-4,9-12H2,1H3. The smallest absolute Gasteiger partial charge is 0.119 e. The minimum absolute atomic E-state index is 0.523. The van der Waals surface area contributed by atoms with E-state index in [1.54, 1.807) is 7.11 Å². The number of benzene rings is 1. The van der Waals surface area contributed by atoms with E-state index in [1.165, 1.54) is 19.3 Å². The number of hydrogen-bond donors (Lipinski definition) is 1. The van der Waals surface area contributed by atoms with Gasteiger partial charge >= 0.3 is 0 Å². The molecule has 0 aliphatic carbocycles. The van der Waals surface area contributed by atoms with Gasteiger partial charge in [-0.1, -0.05) is 6.42 Å². The van der Waals surface area contributed by atoms with Crippen LogP contribution in [-0.4, -0.2) is 39.5 Å². The Morgan fingerprint density at radius 1 is 1.11 bits per heavy atom. The molecule has 4 heteroatoms. The Bertz CT molecular complexity index is 347. The van der Waals surface area contributed by atoms with Crippen molar-refractivity contribution in [2.24, 2.45) is 0 Å². The summed E-state index contributed by atoms with van der Waals surface area (Å²) in [5.41, 5.74) is 0. The maximum absolute atomic E-state index is 5.63. The molecule has 2 rings (SSSR count). The first-order valence-electron chi connectivity index (χ1n) is 6.96. The molecule has 0 amide bonds. The summed E-state index contributed by atoms with van der Waals surface area (Å²) in [6, 6.07) is 8.11. The van der Waals surface area contributed by atoms with Crippen LogP contribution in [0.4, 0.5) is 0 Å². The number of methoxy groups -OCH3 is 1. The van der Waals surface area contributed by atoms with Crippen molar-refractivity contribution in [1.82, 2.24) is 5.32 Å². The van der Waals surface area contributed by atoms with Gasteiger partial charge in [-0.2, -0.15) is 0 Å². The van der Waals surface area contributed by atoms with Crippen molar-refractivity contribution < 1.29 is 14.2 Å². The molecule has 1 aliphatic heterocycles. The lowest BCUT2D eigenvalue weighted by molar-refractivity contribution is 0.0777. The Morgan fingerprint density at radius 3 is 2.58 bits per heavy atom. The third kappa shape index (κ3) is 5.09. The zero-order valence-electron chi connectivity index (χ0n) is 11.6. The van der Waals surface area contributed by atoms with Crippen LogP contribution in [0.2, 0.25) is 0 Å². The van der Waals surface area contributed by atoms with Gasteiger partial charge in [-0.25, -0.2) is 0 Å². The normalized spacial score (nSPS) is 19.1. The third-order valence-electron chi connectivity index (χ3n) is 3.29. The molecule has 0 spiro atoms. The van der Waals surface area contributed by atoms with Gasteiger partial charge in [0.1, 0.15) is 18.1 Å². The molecule has 0 saturated carbocycles. The second kappa shape index (κ2) is 8.02. The summed E-state index contributed by atoms with van der Waals surface area (Å²) in [6.07, 6.45) is 3.82. The summed E-state index contributed by atoms with van der Waals surface area (Å²) in [4.78, 5) is 0. The van der Waals surface area contributed by atoms with Crippen molar-refractivity contribution in [3.05, 3.63) is 24.3 Å². The maximum atomic E-state index is 5.63. The molecular formula is C15H23NO3. The molecule has 1 aliphatic rings. The summed E-state index contributed by atoms with van der Waals surface area (Å²) < 4.78 is 16.3. The van der Waals surface area contributed by atoms with Crippen molar-refractivity contribution in [3.63, 3.8) is 0 Å². The van der Waals surface area contributed by atoms with E-state index in [0.29, 0.717) is 19.3 Å². The van der Waals surface area contributed by atoms with Crippen LogP contribution < -0.4 is 14.8 Å². The lowest BCUT2D eigenvalue weighted by Gasteiger charge is -2.23. The SMILES string of the molecule is COc1ccc(OCCOCC2CCCCN2)cc1. The Morgan fingerprint density at radius 2 is 1.89 bits per heavy atom. The topological polar surface area (TPSA) is 39.7 Å². The van der Waals surface area contributed by atoms with Crippen molar-refractivity contribution >= 4 is 0 Å². The second-order valence-corrected chi connectivity index (χ2v) is 4.75. The second-order valence-electron chi connectivity index (χ2n) is 4.75. The summed E-state index contributed by atoms with van der Waals surface area (Å²) >= 11 is 0. The van der Waals surface area contributed by atoms with Gasteiger partial charge in [-0.15, -0.1) is 0 Å². The molecule has 1 aromatic rings. The Kier molecular flexibility index (Phi) is 5.98. The summed E-state index contributed by atoms with van der Waals surface area (Å²) in [6.45, 7) is 3.12. The summed E-state index contributed by atoms with van der Waals surface area (Å²) in [5, 5.41) is 3.46. The van der Waals surface area contributed by atoms with E-state index in [9.17, 15) is 0 Å². The van der Waals surface area contributed by atoms with Crippen LogP contribution in [0.1, 0.15) is 19.3 Å². The van der Waals surface area contributed by atoms with Crippen LogP contribution >= 0.6 is 0 Å². The molecule has 0 aromatic heterocycles. The fourth-order valence-electron chi connectivity index (χ4n) is 2.18. The third-order valence-corrected chi connectivity index (χ3v) is 3.29. The molecule has 1 unspecified atom stereocenters. The molecule has 4 nitrogen and oxygen atoms in total. The number of piperidine rings is 1. The van der Waals surface area contributed by atoms with E-state index in [0.717, 1.165) is 24.7 Å². The van der Waals surface area contributed by atoms with Gasteiger partial charge in [0.2, 0.25) is 0 Å². The minimum Gasteiger partial charge on any atom is -0.497 e. The Balaban J connectivity index is 1.55. The van der Waals surface area contributed by atoms with Crippen LogP contribution in [0.15, 0.2) is 24.3 Å². The number of hydrogen-bond acceptors (Lipinski definition) is 4. The first-order valence-corrected chi connectivity index (χ1v) is 6.96. The van der Waals surface area contributed by atoms with Crippen molar-refractivity contribution in [1.29, 1.82) is 0 Å². The highest BCUT2D eigenvalue weighted by atomic mass is 16.5. The van der Waals surface area contributed by atoms with Gasteiger partial charge in [0.25, 0.3) is 0 Å². The summed E-state index contributed by atoms with van der Waals surface area (Å²) in [5.74, 6) is 1.69. The van der Waals surface area contributed by atoms with Crippen LogP contribution in [0, 0.1) is 0 Å². The van der Waals surface area contributed by atoms with Crippen LogP contribution in [0.5, 0.6) is 11.5 Å². The fourth-order valence-corrected chi connectivity index (χ4v) is 2.18. The van der Waals surface area contributed by atoms with E-state index < -0.39 is 0 Å². The molecule has 1 fully saturated rings. The predicted octanol–water partition coefficient (Wildman–Crippen LogP) is 2.23. The maximum Gasteiger partial charge on any atom is 0.119 e. The van der Waals surface area contributed by atoms with E-state index in [1.807, 2.05) is 24.3 Å². The van der Waals surface area contributed by atoms with E-state index in [4.69, 9.17) is 14.2 Å². The van der Waals surface area contributed by atoms with Gasteiger partial charge in [0.05, 0.1) is 20.3 Å². The summed E-state index contributed by atoms with van der Waals surface area (Å²) in [7, 11) is 1.66. The van der Waals surface area contributed by atoms with Gasteiger partial charge < -0.3 is 19.5 Å². The molecule has 1 heterocycles. The molecule has 1 aromatic carbocycles. The zero-order chi connectivity index (χ0) is 13.3. The van der Waals surface area contributed by atoms with Gasteiger partial charge in [-0.05, 0) is 43.7 Å². The highest BCUT2D eigenvalue weighted by Gasteiger charge is 2.11. The van der Waals surface area contributed by atoms with Gasteiger partial charge in [0.15, 0.2) is 0 Å². The number of ether oxygens (including phenoxy) is 3. The predicted molar refractivity (Wildman–Crippen MR) is 74.9 cm³/mol. The molecule has 1 atom stereocenters. The van der Waals surface area contributed by atoms with Crippen molar-refractivity contribution in [3.8, 4) is 11.5 Å². The highest BCUT2D eigenvalue weighted by Crippen LogP contribution is 2.16. The van der Waals surface area contributed by atoms with Gasteiger partial charge in [-0.3, -0.25) is 0 Å². The largest absolute Gasteiger partial charge is 0.497 e. The molecule has 0 radical (unpaired) electrons. The first-order chi connectivity index (χ1) is 9.38. The average molecular weight is 265 g/mol. The Labute approximate surface area is 115 Å². The van der Waals surface area contributed by atoms with E-state index >= 15 is 0 Å². The fraction of sp³-hybridized carbons (Fsp3) is 0.600. The lowest BCUT2D eigenvalue weighted by Crippen LogP contribution is -2.37. The van der Waals surface area contributed by atoms with Gasteiger partial charge in [0, 0.05) is 6.04 Å². The minimum atomic E-state index is 0.523. The monoisotopic (exact) mass is 265 g/mol. The van der Waals surface area contributed by atoms with Crippen molar-refractivity contribution in [2.45, 2.75) is 25.3 Å². The van der Waals surface area contributed by atoms with E-state index in [-0.39, 0.29) is 0 Å². The molecular weight excluding hydrogens is 242 g/mol. The lowest BCUT2D eigenvalue weighted by atomic mass is 10.1. The molecule has 0 bridgehead atoms. The molecule has 19 heavy (non-hydrogen) atoms. The number of rotatable bonds is 7.